The van der Waals surface area contributed by atoms with E-state index in [1.807, 2.05) is 6.20 Å². The van der Waals surface area contributed by atoms with Gasteiger partial charge in [-0.05, 0) is 61.1 Å². The van der Waals surface area contributed by atoms with Crippen LogP contribution in [0.4, 0.5) is 4.39 Å². The van der Waals surface area contributed by atoms with E-state index < -0.39 is 5.91 Å². The number of ether oxygens (including phenoxy) is 1. The lowest BCUT2D eigenvalue weighted by Gasteiger charge is -2.30. The molecule has 0 unspecified atom stereocenters. The van der Waals surface area contributed by atoms with Crippen molar-refractivity contribution in [2.75, 3.05) is 13.1 Å². The first-order chi connectivity index (χ1) is 16.9. The number of carbonyl (C=O) groups is 2. The molecule has 0 saturated carbocycles. The number of imidazole rings is 1. The van der Waals surface area contributed by atoms with Crippen LogP contribution in [0.25, 0.3) is 16.9 Å². The zero-order chi connectivity index (χ0) is 24.5. The first kappa shape index (κ1) is 22.2. The fourth-order valence-electron chi connectivity index (χ4n) is 4.50. The average molecular weight is 471 g/mol. The Bertz CT molecular complexity index is 1460. The van der Waals surface area contributed by atoms with Gasteiger partial charge in [-0.1, -0.05) is 6.07 Å². The molecule has 2 aromatic heterocycles. The number of nitrogens with one attached hydrogen (secondary N) is 1. The SMILES string of the molecule is C#CC(=O)N1CCC(c2c[nH]n3c(C(N)=O)c(-c4ccc(Oc5cccc(F)c5)cc4)nc23)CC1. The van der Waals surface area contributed by atoms with E-state index in [2.05, 4.69) is 11.0 Å². The second-order valence-electron chi connectivity index (χ2n) is 8.36. The Morgan fingerprint density at radius 2 is 1.89 bits per heavy atom. The lowest BCUT2D eigenvalue weighted by molar-refractivity contribution is -0.126. The molecule has 1 aliphatic rings. The number of amides is 2. The maximum absolute atomic E-state index is 13.4. The van der Waals surface area contributed by atoms with Gasteiger partial charge in [-0.25, -0.2) is 13.9 Å². The Kier molecular flexibility index (Phi) is 5.71. The Morgan fingerprint density at radius 3 is 2.54 bits per heavy atom. The number of nitrogens with zero attached hydrogens (tertiary/aromatic N) is 3. The van der Waals surface area contributed by atoms with Crippen molar-refractivity contribution in [3.63, 3.8) is 0 Å². The number of halogens is 1. The second kappa shape index (κ2) is 8.99. The summed E-state index contributed by atoms with van der Waals surface area (Å²) in [5, 5.41) is 3.10. The van der Waals surface area contributed by atoms with E-state index in [4.69, 9.17) is 21.9 Å². The number of H-pyrrole nitrogens is 1. The second-order valence-corrected chi connectivity index (χ2v) is 8.36. The van der Waals surface area contributed by atoms with Crippen LogP contribution in [0.15, 0.2) is 54.7 Å². The standard InChI is InChI=1S/C26H22FN5O3/c1-2-22(33)31-12-10-16(11-13-31)21-15-29-32-24(25(28)34)23(30-26(21)32)17-6-8-19(9-7-17)35-20-5-3-4-18(27)14-20/h1,3-9,14-16,29H,10-13H2,(H2,28,34). The minimum atomic E-state index is -0.615. The fraction of sp³-hybridized carbons (Fsp3) is 0.192. The van der Waals surface area contributed by atoms with Crippen molar-refractivity contribution in [3.8, 4) is 35.1 Å². The number of aromatic amines is 1. The first-order valence-electron chi connectivity index (χ1n) is 11.1. The van der Waals surface area contributed by atoms with E-state index in [1.54, 1.807) is 45.8 Å². The summed E-state index contributed by atoms with van der Waals surface area (Å²) in [5.74, 6) is 1.91. The third kappa shape index (κ3) is 4.22. The van der Waals surface area contributed by atoms with Gasteiger partial charge in [-0.3, -0.25) is 14.7 Å². The highest BCUT2D eigenvalue weighted by atomic mass is 19.1. The summed E-state index contributed by atoms with van der Waals surface area (Å²) in [5.41, 5.74) is 8.67. The molecule has 0 spiro atoms. The summed E-state index contributed by atoms with van der Waals surface area (Å²) in [6.07, 6.45) is 8.54. The Hall–Kier alpha value is -4.58. The van der Waals surface area contributed by atoms with Crippen molar-refractivity contribution in [1.29, 1.82) is 0 Å². The zero-order valence-corrected chi connectivity index (χ0v) is 18.7. The molecule has 8 nitrogen and oxygen atoms in total. The highest BCUT2D eigenvalue weighted by Crippen LogP contribution is 2.34. The summed E-state index contributed by atoms with van der Waals surface area (Å²) in [7, 11) is 0. The molecular weight excluding hydrogens is 449 g/mol. The number of nitrogens with two attached hydrogens (primary N) is 1. The van der Waals surface area contributed by atoms with Gasteiger partial charge >= 0.3 is 0 Å². The number of hydrogen-bond acceptors (Lipinski definition) is 4. The predicted molar refractivity (Wildman–Crippen MR) is 127 cm³/mol. The van der Waals surface area contributed by atoms with Crippen molar-refractivity contribution in [3.05, 3.63) is 71.8 Å². The summed E-state index contributed by atoms with van der Waals surface area (Å²) in [4.78, 5) is 30.6. The van der Waals surface area contributed by atoms with Gasteiger partial charge in [0.25, 0.3) is 11.8 Å². The van der Waals surface area contributed by atoms with E-state index >= 15 is 0 Å². The van der Waals surface area contributed by atoms with Gasteiger partial charge in [0.15, 0.2) is 11.3 Å². The quantitative estimate of drug-likeness (QED) is 0.433. The fourth-order valence-corrected chi connectivity index (χ4v) is 4.50. The van der Waals surface area contributed by atoms with Gasteiger partial charge in [-0.2, -0.15) is 0 Å². The number of aromatic nitrogens is 3. The lowest BCUT2D eigenvalue weighted by atomic mass is 9.91. The van der Waals surface area contributed by atoms with Gasteiger partial charge in [-0.15, -0.1) is 6.42 Å². The van der Waals surface area contributed by atoms with Gasteiger partial charge in [0.05, 0.1) is 0 Å². The van der Waals surface area contributed by atoms with Crippen LogP contribution in [0.5, 0.6) is 11.5 Å². The molecule has 0 atom stereocenters. The van der Waals surface area contributed by atoms with Crippen LogP contribution in [0.1, 0.15) is 34.8 Å². The smallest absolute Gasteiger partial charge is 0.298 e. The molecular formula is C26H22FN5O3. The summed E-state index contributed by atoms with van der Waals surface area (Å²) < 4.78 is 20.7. The molecule has 4 aromatic rings. The van der Waals surface area contributed by atoms with E-state index in [0.717, 1.165) is 18.4 Å². The first-order valence-corrected chi connectivity index (χ1v) is 11.1. The molecule has 2 amide bonds. The van der Waals surface area contributed by atoms with Crippen LogP contribution in [0.3, 0.4) is 0 Å². The van der Waals surface area contributed by atoms with Gasteiger partial charge in [0.1, 0.15) is 23.0 Å². The van der Waals surface area contributed by atoms with Crippen molar-refractivity contribution >= 4 is 17.5 Å². The number of likely N-dealkylation sites (tertiary alicyclic amines) is 1. The Balaban J connectivity index is 1.43. The van der Waals surface area contributed by atoms with Gasteiger partial charge < -0.3 is 15.4 Å². The Morgan fingerprint density at radius 1 is 1.14 bits per heavy atom. The molecule has 1 fully saturated rings. The molecule has 1 saturated heterocycles. The number of terminal acetylenes is 1. The molecule has 35 heavy (non-hydrogen) atoms. The number of fused-ring (bicyclic) bond motifs is 1. The van der Waals surface area contributed by atoms with Crippen molar-refractivity contribution in [1.82, 2.24) is 19.5 Å². The van der Waals surface area contributed by atoms with Crippen LogP contribution in [0.2, 0.25) is 0 Å². The zero-order valence-electron chi connectivity index (χ0n) is 18.7. The monoisotopic (exact) mass is 471 g/mol. The topological polar surface area (TPSA) is 106 Å². The summed E-state index contributed by atoms with van der Waals surface area (Å²) in [6.45, 7) is 1.13. The lowest BCUT2D eigenvalue weighted by Crippen LogP contribution is -2.37. The highest BCUT2D eigenvalue weighted by Gasteiger charge is 2.28. The molecule has 5 rings (SSSR count). The van der Waals surface area contributed by atoms with Crippen LogP contribution in [-0.4, -0.2) is 44.4 Å². The van der Waals surface area contributed by atoms with Gasteiger partial charge in [0.2, 0.25) is 0 Å². The Labute approximate surface area is 200 Å². The van der Waals surface area contributed by atoms with Crippen molar-refractivity contribution in [2.45, 2.75) is 18.8 Å². The maximum atomic E-state index is 13.4. The minimum absolute atomic E-state index is 0.156. The third-order valence-electron chi connectivity index (χ3n) is 6.22. The van der Waals surface area contributed by atoms with E-state index in [0.29, 0.717) is 41.5 Å². The van der Waals surface area contributed by atoms with Gasteiger partial charge in [0, 0.05) is 36.5 Å². The number of benzene rings is 2. The molecule has 3 heterocycles. The molecule has 0 bridgehead atoms. The summed E-state index contributed by atoms with van der Waals surface area (Å²) in [6, 6.07) is 12.9. The van der Waals surface area contributed by atoms with E-state index in [9.17, 15) is 14.0 Å². The number of hydrogen-bond donors (Lipinski definition) is 2. The third-order valence-corrected chi connectivity index (χ3v) is 6.22. The number of piperidine rings is 1. The van der Waals surface area contributed by atoms with Crippen molar-refractivity contribution < 1.29 is 18.7 Å². The molecule has 9 heteroatoms. The van der Waals surface area contributed by atoms with Crippen LogP contribution < -0.4 is 10.5 Å². The van der Waals surface area contributed by atoms with E-state index in [1.165, 1.54) is 12.1 Å². The average Bonchev–Trinajstić information content (AvgIpc) is 3.43. The molecule has 0 aliphatic carbocycles. The molecule has 0 radical (unpaired) electrons. The maximum Gasteiger partial charge on any atom is 0.298 e. The highest BCUT2D eigenvalue weighted by molar-refractivity contribution is 5.98. The largest absolute Gasteiger partial charge is 0.457 e. The molecule has 1 aliphatic heterocycles. The molecule has 176 valence electrons. The summed E-state index contributed by atoms with van der Waals surface area (Å²) >= 11 is 0. The molecule has 2 aromatic carbocycles. The predicted octanol–water partition coefficient (Wildman–Crippen LogP) is 3.70. The normalized spacial score (nSPS) is 14.1. The van der Waals surface area contributed by atoms with E-state index in [-0.39, 0.29) is 23.3 Å². The number of carbonyl (C=O) groups excluding carboxylic acids is 2. The van der Waals surface area contributed by atoms with Crippen LogP contribution >= 0.6 is 0 Å². The van der Waals surface area contributed by atoms with Crippen LogP contribution in [0, 0.1) is 18.2 Å². The van der Waals surface area contributed by atoms with Crippen LogP contribution in [-0.2, 0) is 4.79 Å². The molecule has 3 N–H and O–H groups in total. The number of rotatable bonds is 5. The minimum Gasteiger partial charge on any atom is -0.457 e. The number of primary amides is 1. The van der Waals surface area contributed by atoms with Crippen molar-refractivity contribution in [2.24, 2.45) is 5.73 Å².